The Hall–Kier alpha value is -1.07. The maximum atomic E-state index is 13.2. The first kappa shape index (κ1) is 12.4. The molecule has 2 aromatic rings. The minimum Gasteiger partial charge on any atom is -0.398 e. The molecular weight excluding hydrogens is 308 g/mol. The van der Waals surface area contributed by atoms with Gasteiger partial charge in [-0.05, 0) is 46.3 Å². The van der Waals surface area contributed by atoms with Gasteiger partial charge in [-0.1, -0.05) is 17.8 Å². The lowest BCUT2D eigenvalue weighted by Crippen LogP contribution is -1.91. The summed E-state index contributed by atoms with van der Waals surface area (Å²) < 4.78 is 26.5. The Morgan fingerprint density at radius 2 is 1.88 bits per heavy atom. The Morgan fingerprint density at radius 1 is 1.12 bits per heavy atom. The van der Waals surface area contributed by atoms with Crippen LogP contribution in [0.15, 0.2) is 50.7 Å². The van der Waals surface area contributed by atoms with E-state index in [1.807, 2.05) is 0 Å². The Balaban J connectivity index is 2.33. The van der Waals surface area contributed by atoms with Crippen LogP contribution in [0.3, 0.4) is 0 Å². The van der Waals surface area contributed by atoms with Crippen molar-refractivity contribution in [3.63, 3.8) is 0 Å². The molecule has 1 nitrogen and oxygen atoms in total. The second-order valence-corrected chi connectivity index (χ2v) is 5.33. The van der Waals surface area contributed by atoms with Gasteiger partial charge in [-0.25, -0.2) is 8.78 Å². The fraction of sp³-hybridized carbons (Fsp3) is 0. The molecule has 2 N–H and O–H groups in total. The number of hydrogen-bond acceptors (Lipinski definition) is 2. The van der Waals surface area contributed by atoms with Crippen LogP contribution < -0.4 is 5.73 Å². The molecule has 88 valence electrons. The smallest absolute Gasteiger partial charge is 0.139 e. The van der Waals surface area contributed by atoms with Crippen LogP contribution in [0.5, 0.6) is 0 Å². The highest BCUT2D eigenvalue weighted by molar-refractivity contribution is 9.10. The van der Waals surface area contributed by atoms with Crippen LogP contribution in [0.25, 0.3) is 0 Å². The third kappa shape index (κ3) is 2.98. The molecule has 5 heteroatoms. The molecule has 0 atom stereocenters. The number of nitrogens with two attached hydrogens (primary N) is 1. The van der Waals surface area contributed by atoms with E-state index < -0.39 is 5.82 Å². The van der Waals surface area contributed by atoms with E-state index in [1.54, 1.807) is 18.2 Å². The lowest BCUT2D eigenvalue weighted by atomic mass is 10.3. The van der Waals surface area contributed by atoms with Crippen molar-refractivity contribution in [2.24, 2.45) is 0 Å². The molecule has 0 radical (unpaired) electrons. The zero-order valence-electron chi connectivity index (χ0n) is 8.58. The molecule has 0 amide bonds. The fourth-order valence-corrected chi connectivity index (χ4v) is 2.71. The quantitative estimate of drug-likeness (QED) is 0.828. The highest BCUT2D eigenvalue weighted by atomic mass is 79.9. The average Bonchev–Trinajstić information content (AvgIpc) is 2.26. The second-order valence-electron chi connectivity index (χ2n) is 3.36. The molecule has 0 aliphatic rings. The first-order valence-corrected chi connectivity index (χ1v) is 6.35. The lowest BCUT2D eigenvalue weighted by molar-refractivity contribution is 0.620. The molecule has 2 rings (SSSR count). The van der Waals surface area contributed by atoms with Crippen molar-refractivity contribution >= 4 is 33.4 Å². The van der Waals surface area contributed by atoms with Crippen molar-refractivity contribution in [2.45, 2.75) is 9.79 Å². The number of hydrogen-bond donors (Lipinski definition) is 1. The van der Waals surface area contributed by atoms with Crippen LogP contribution in [0.2, 0.25) is 0 Å². The van der Waals surface area contributed by atoms with Crippen LogP contribution in [0.4, 0.5) is 14.5 Å². The number of rotatable bonds is 2. The van der Waals surface area contributed by atoms with Gasteiger partial charge in [-0.2, -0.15) is 0 Å². The molecule has 0 aliphatic carbocycles. The van der Waals surface area contributed by atoms with Crippen molar-refractivity contribution < 1.29 is 8.78 Å². The highest BCUT2D eigenvalue weighted by Crippen LogP contribution is 2.35. The SMILES string of the molecule is Nc1cc(F)c(Br)cc1Sc1cccc(F)c1. The molecule has 0 fully saturated rings. The minimum absolute atomic E-state index is 0.310. The number of anilines is 1. The predicted molar refractivity (Wildman–Crippen MR) is 69.0 cm³/mol. The normalized spacial score (nSPS) is 10.5. The van der Waals surface area contributed by atoms with Crippen LogP contribution in [0, 0.1) is 11.6 Å². The van der Waals surface area contributed by atoms with Gasteiger partial charge in [0.15, 0.2) is 0 Å². The molecule has 0 aliphatic heterocycles. The maximum Gasteiger partial charge on any atom is 0.139 e. The summed E-state index contributed by atoms with van der Waals surface area (Å²) in [5.74, 6) is -0.721. The van der Waals surface area contributed by atoms with Crippen molar-refractivity contribution in [1.29, 1.82) is 0 Å². The first-order valence-electron chi connectivity index (χ1n) is 4.74. The van der Waals surface area contributed by atoms with Crippen LogP contribution >= 0.6 is 27.7 Å². The first-order chi connectivity index (χ1) is 8.06. The van der Waals surface area contributed by atoms with E-state index in [2.05, 4.69) is 15.9 Å². The topological polar surface area (TPSA) is 26.0 Å². The largest absolute Gasteiger partial charge is 0.398 e. The van der Waals surface area contributed by atoms with Gasteiger partial charge in [0.2, 0.25) is 0 Å². The van der Waals surface area contributed by atoms with E-state index in [1.165, 1.54) is 30.0 Å². The van der Waals surface area contributed by atoms with Gasteiger partial charge < -0.3 is 5.73 Å². The third-order valence-electron chi connectivity index (χ3n) is 2.08. The summed E-state index contributed by atoms with van der Waals surface area (Å²) in [6, 6.07) is 8.98. The van der Waals surface area contributed by atoms with Gasteiger partial charge in [-0.3, -0.25) is 0 Å². The molecule has 0 aromatic heterocycles. The summed E-state index contributed by atoms with van der Waals surface area (Å²) in [6.45, 7) is 0. The summed E-state index contributed by atoms with van der Waals surface area (Å²) in [5, 5.41) is 0. The number of halogens is 3. The Bertz CT molecular complexity index is 560. The Kier molecular flexibility index (Phi) is 3.69. The van der Waals surface area contributed by atoms with Crippen LogP contribution in [-0.2, 0) is 0 Å². The Morgan fingerprint density at radius 3 is 2.59 bits per heavy atom. The monoisotopic (exact) mass is 315 g/mol. The van der Waals surface area contributed by atoms with Crippen LogP contribution in [0.1, 0.15) is 0 Å². The van der Waals surface area contributed by atoms with E-state index in [-0.39, 0.29) is 5.82 Å². The van der Waals surface area contributed by atoms with Gasteiger partial charge >= 0.3 is 0 Å². The lowest BCUT2D eigenvalue weighted by Gasteiger charge is -2.07. The zero-order chi connectivity index (χ0) is 12.4. The predicted octanol–water partition coefficient (Wildman–Crippen LogP) is 4.46. The molecular formula is C12H8BrF2NS. The van der Waals surface area contributed by atoms with E-state index in [0.29, 0.717) is 15.1 Å². The summed E-state index contributed by atoms with van der Waals surface area (Å²) in [7, 11) is 0. The molecule has 2 aromatic carbocycles. The van der Waals surface area contributed by atoms with Gasteiger partial charge in [0.1, 0.15) is 11.6 Å². The molecule has 0 saturated heterocycles. The Labute approximate surface area is 110 Å². The molecule has 0 bridgehead atoms. The van der Waals surface area contributed by atoms with Crippen molar-refractivity contribution in [2.75, 3.05) is 5.73 Å². The van der Waals surface area contributed by atoms with Gasteiger partial charge in [0, 0.05) is 15.5 Å². The van der Waals surface area contributed by atoms with Gasteiger partial charge in [0.05, 0.1) is 4.47 Å². The van der Waals surface area contributed by atoms with Crippen molar-refractivity contribution in [1.82, 2.24) is 0 Å². The highest BCUT2D eigenvalue weighted by Gasteiger charge is 2.07. The molecule has 0 unspecified atom stereocenters. The van der Waals surface area contributed by atoms with Crippen molar-refractivity contribution in [3.8, 4) is 0 Å². The summed E-state index contributed by atoms with van der Waals surface area (Å²) in [6.07, 6.45) is 0. The van der Waals surface area contributed by atoms with Crippen molar-refractivity contribution in [3.05, 3.63) is 52.5 Å². The van der Waals surface area contributed by atoms with E-state index >= 15 is 0 Å². The summed E-state index contributed by atoms with van der Waals surface area (Å²) in [5.41, 5.74) is 6.03. The summed E-state index contributed by atoms with van der Waals surface area (Å²) >= 11 is 4.38. The molecule has 0 heterocycles. The number of benzene rings is 2. The maximum absolute atomic E-state index is 13.2. The average molecular weight is 316 g/mol. The van der Waals surface area contributed by atoms with Gasteiger partial charge in [-0.15, -0.1) is 0 Å². The molecule has 0 saturated carbocycles. The van der Waals surface area contributed by atoms with E-state index in [0.717, 1.165) is 4.90 Å². The zero-order valence-corrected chi connectivity index (χ0v) is 11.0. The standard InChI is InChI=1S/C12H8BrF2NS/c13-9-5-12(11(16)6-10(9)15)17-8-3-1-2-7(14)4-8/h1-6H,16H2. The molecule has 17 heavy (non-hydrogen) atoms. The third-order valence-corrected chi connectivity index (χ3v) is 3.75. The number of nitrogen functional groups attached to an aromatic ring is 1. The van der Waals surface area contributed by atoms with Crippen LogP contribution in [-0.4, -0.2) is 0 Å². The van der Waals surface area contributed by atoms with E-state index in [4.69, 9.17) is 5.73 Å². The molecule has 0 spiro atoms. The fourth-order valence-electron chi connectivity index (χ4n) is 1.29. The van der Waals surface area contributed by atoms with Gasteiger partial charge in [0.25, 0.3) is 0 Å². The van der Waals surface area contributed by atoms with E-state index in [9.17, 15) is 8.78 Å². The second kappa shape index (κ2) is 5.06. The minimum atomic E-state index is -0.411. The summed E-state index contributed by atoms with van der Waals surface area (Å²) in [4.78, 5) is 1.40.